The lowest BCUT2D eigenvalue weighted by atomic mass is 9.74. The van der Waals surface area contributed by atoms with Crippen LogP contribution in [0.15, 0.2) is 24.3 Å². The van der Waals surface area contributed by atoms with Crippen LogP contribution in [0.4, 0.5) is 0 Å². The lowest BCUT2D eigenvalue weighted by molar-refractivity contribution is 0.0321. The summed E-state index contributed by atoms with van der Waals surface area (Å²) in [5.74, 6) is 0. The van der Waals surface area contributed by atoms with Crippen LogP contribution in [0.5, 0.6) is 0 Å². The fraction of sp³-hybridized carbons (Fsp3) is 0.667. The minimum Gasteiger partial charge on any atom is -0.328 e. The standard InChI is InChI=1S/C18H31N3/c1-5-21(15(2)13-20(3)4)18(14-19)12-8-10-16-9-6-7-11-17(16)18/h6-7,9,11,15H,5,8,10,12-14,19H2,1-4H3. The van der Waals surface area contributed by atoms with Crippen LogP contribution in [0.2, 0.25) is 0 Å². The second-order valence-corrected chi connectivity index (χ2v) is 6.64. The van der Waals surface area contributed by atoms with Crippen LogP contribution in [-0.4, -0.2) is 49.6 Å². The average molecular weight is 289 g/mol. The van der Waals surface area contributed by atoms with E-state index in [0.717, 1.165) is 13.1 Å². The van der Waals surface area contributed by atoms with Crippen molar-refractivity contribution >= 4 is 0 Å². The number of aryl methyl sites for hydroxylation is 1. The average Bonchev–Trinajstić information content (AvgIpc) is 2.47. The van der Waals surface area contributed by atoms with Crippen molar-refractivity contribution in [2.45, 2.75) is 44.7 Å². The van der Waals surface area contributed by atoms with E-state index in [-0.39, 0.29) is 5.54 Å². The summed E-state index contributed by atoms with van der Waals surface area (Å²) in [6.45, 7) is 7.41. The predicted octanol–water partition coefficient (Wildman–Crippen LogP) is 2.45. The minimum atomic E-state index is 0.0129. The SMILES string of the molecule is CCN(C(C)CN(C)C)C1(CN)CCCc2ccccc21. The molecule has 1 aromatic carbocycles. The van der Waals surface area contributed by atoms with E-state index >= 15 is 0 Å². The summed E-state index contributed by atoms with van der Waals surface area (Å²) < 4.78 is 0. The molecule has 3 heteroatoms. The molecule has 0 fully saturated rings. The van der Waals surface area contributed by atoms with Crippen LogP contribution in [0, 0.1) is 0 Å². The zero-order valence-electron chi connectivity index (χ0n) is 14.1. The summed E-state index contributed by atoms with van der Waals surface area (Å²) in [6, 6.07) is 9.40. The van der Waals surface area contributed by atoms with E-state index in [1.165, 1.54) is 30.4 Å². The molecule has 0 saturated carbocycles. The number of hydrogen-bond donors (Lipinski definition) is 1. The molecule has 0 heterocycles. The first kappa shape index (κ1) is 16.5. The molecular weight excluding hydrogens is 258 g/mol. The summed E-state index contributed by atoms with van der Waals surface area (Å²) in [7, 11) is 4.29. The highest BCUT2D eigenvalue weighted by Gasteiger charge is 2.41. The molecule has 1 aliphatic rings. The van der Waals surface area contributed by atoms with Crippen molar-refractivity contribution in [3.05, 3.63) is 35.4 Å². The highest BCUT2D eigenvalue weighted by Crippen LogP contribution is 2.40. The maximum absolute atomic E-state index is 6.34. The third-order valence-corrected chi connectivity index (χ3v) is 4.94. The topological polar surface area (TPSA) is 32.5 Å². The number of benzene rings is 1. The molecule has 0 aromatic heterocycles. The van der Waals surface area contributed by atoms with Crippen molar-refractivity contribution in [3.63, 3.8) is 0 Å². The summed E-state index contributed by atoms with van der Waals surface area (Å²) >= 11 is 0. The van der Waals surface area contributed by atoms with E-state index < -0.39 is 0 Å². The van der Waals surface area contributed by atoms with E-state index in [9.17, 15) is 0 Å². The van der Waals surface area contributed by atoms with Gasteiger partial charge in [0.05, 0.1) is 5.54 Å². The maximum Gasteiger partial charge on any atom is 0.0589 e. The van der Waals surface area contributed by atoms with Crippen LogP contribution in [0.3, 0.4) is 0 Å². The lowest BCUT2D eigenvalue weighted by Gasteiger charge is -2.50. The number of hydrogen-bond acceptors (Lipinski definition) is 3. The lowest BCUT2D eigenvalue weighted by Crippen LogP contribution is -2.58. The predicted molar refractivity (Wildman–Crippen MR) is 90.5 cm³/mol. The van der Waals surface area contributed by atoms with Crippen LogP contribution in [0.1, 0.15) is 37.8 Å². The Morgan fingerprint density at radius 1 is 1.29 bits per heavy atom. The first-order valence-corrected chi connectivity index (χ1v) is 8.25. The number of nitrogens with two attached hydrogens (primary N) is 1. The van der Waals surface area contributed by atoms with E-state index in [4.69, 9.17) is 5.73 Å². The van der Waals surface area contributed by atoms with Gasteiger partial charge in [0.1, 0.15) is 0 Å². The highest BCUT2D eigenvalue weighted by atomic mass is 15.3. The first-order valence-electron chi connectivity index (χ1n) is 8.25. The molecule has 2 rings (SSSR count). The van der Waals surface area contributed by atoms with Gasteiger partial charge >= 0.3 is 0 Å². The van der Waals surface area contributed by atoms with E-state index in [1.54, 1.807) is 0 Å². The van der Waals surface area contributed by atoms with Crippen LogP contribution < -0.4 is 5.73 Å². The van der Waals surface area contributed by atoms with Gasteiger partial charge in [0, 0.05) is 19.1 Å². The van der Waals surface area contributed by atoms with Gasteiger partial charge < -0.3 is 10.6 Å². The third kappa shape index (κ3) is 3.15. The zero-order valence-corrected chi connectivity index (χ0v) is 14.1. The van der Waals surface area contributed by atoms with Gasteiger partial charge in [-0.05, 0) is 58.0 Å². The molecule has 0 aliphatic heterocycles. The molecular formula is C18H31N3. The third-order valence-electron chi connectivity index (χ3n) is 4.94. The number of nitrogens with zero attached hydrogens (tertiary/aromatic N) is 2. The smallest absolute Gasteiger partial charge is 0.0589 e. The Hall–Kier alpha value is -0.900. The quantitative estimate of drug-likeness (QED) is 0.873. The Bertz CT molecular complexity index is 458. The summed E-state index contributed by atoms with van der Waals surface area (Å²) in [5.41, 5.74) is 9.31. The highest BCUT2D eigenvalue weighted by molar-refractivity contribution is 5.37. The minimum absolute atomic E-state index is 0.0129. The monoisotopic (exact) mass is 289 g/mol. The molecule has 2 atom stereocenters. The maximum atomic E-state index is 6.34. The van der Waals surface area contributed by atoms with Gasteiger partial charge in [-0.2, -0.15) is 0 Å². The second-order valence-electron chi connectivity index (χ2n) is 6.64. The van der Waals surface area contributed by atoms with Gasteiger partial charge in [-0.15, -0.1) is 0 Å². The second kappa shape index (κ2) is 6.91. The van der Waals surface area contributed by atoms with Crippen molar-refractivity contribution in [2.75, 3.05) is 33.7 Å². The molecule has 0 bridgehead atoms. The Kier molecular flexibility index (Phi) is 5.42. The molecule has 21 heavy (non-hydrogen) atoms. The van der Waals surface area contributed by atoms with Crippen molar-refractivity contribution < 1.29 is 0 Å². The molecule has 2 N–H and O–H groups in total. The molecule has 0 radical (unpaired) electrons. The molecule has 0 amide bonds. The molecule has 1 aromatic rings. The largest absolute Gasteiger partial charge is 0.328 e. The van der Waals surface area contributed by atoms with Crippen LogP contribution in [0.25, 0.3) is 0 Å². The number of likely N-dealkylation sites (N-methyl/N-ethyl adjacent to an activating group) is 2. The van der Waals surface area contributed by atoms with Gasteiger partial charge in [-0.25, -0.2) is 0 Å². The molecule has 1 aliphatic carbocycles. The molecule has 118 valence electrons. The van der Waals surface area contributed by atoms with Gasteiger partial charge in [0.25, 0.3) is 0 Å². The molecule has 2 unspecified atom stereocenters. The Morgan fingerprint density at radius 3 is 2.62 bits per heavy atom. The Morgan fingerprint density at radius 2 is 2.00 bits per heavy atom. The zero-order chi connectivity index (χ0) is 15.5. The van der Waals surface area contributed by atoms with E-state index in [1.807, 2.05) is 0 Å². The van der Waals surface area contributed by atoms with Crippen molar-refractivity contribution in [1.82, 2.24) is 9.80 Å². The normalized spacial score (nSPS) is 23.4. The molecule has 0 saturated heterocycles. The van der Waals surface area contributed by atoms with Crippen molar-refractivity contribution in [2.24, 2.45) is 5.73 Å². The van der Waals surface area contributed by atoms with Gasteiger partial charge in [-0.3, -0.25) is 4.90 Å². The fourth-order valence-electron chi connectivity index (χ4n) is 4.19. The number of fused-ring (bicyclic) bond motifs is 1. The van der Waals surface area contributed by atoms with Gasteiger partial charge in [0.2, 0.25) is 0 Å². The fourth-order valence-corrected chi connectivity index (χ4v) is 4.19. The van der Waals surface area contributed by atoms with Crippen LogP contribution in [-0.2, 0) is 12.0 Å². The number of rotatable bonds is 6. The summed E-state index contributed by atoms with van der Waals surface area (Å²) in [5, 5.41) is 0. The summed E-state index contributed by atoms with van der Waals surface area (Å²) in [6.07, 6.45) is 3.60. The van der Waals surface area contributed by atoms with Gasteiger partial charge in [-0.1, -0.05) is 31.2 Å². The van der Waals surface area contributed by atoms with E-state index in [0.29, 0.717) is 12.6 Å². The van der Waals surface area contributed by atoms with Gasteiger partial charge in [0.15, 0.2) is 0 Å². The Balaban J connectivity index is 2.41. The van der Waals surface area contributed by atoms with E-state index in [2.05, 4.69) is 62.0 Å². The van der Waals surface area contributed by atoms with Crippen molar-refractivity contribution in [1.29, 1.82) is 0 Å². The van der Waals surface area contributed by atoms with Crippen molar-refractivity contribution in [3.8, 4) is 0 Å². The molecule has 0 spiro atoms. The summed E-state index contributed by atoms with van der Waals surface area (Å²) in [4.78, 5) is 4.90. The molecule has 3 nitrogen and oxygen atoms in total. The van der Waals surface area contributed by atoms with Crippen LogP contribution >= 0.6 is 0 Å². The first-order chi connectivity index (χ1) is 10.0. The Labute approximate surface area is 130 Å².